The van der Waals surface area contributed by atoms with Crippen molar-refractivity contribution in [3.8, 4) is 70.4 Å². The topological polar surface area (TPSA) is 36.9 Å². The van der Waals surface area contributed by atoms with Gasteiger partial charge in [0.1, 0.15) is 23.0 Å². The standard InChI is InChI=1S/C84H80O4S4/c1-9-13-41-85-81-73-45-65(21-17-61-25-33-69(34-26-61)57(5)89)46-74(81)54-76-48-67(23-19-63-29-37-71(38-30-63)59(7)91)50-78(83(76)87-43-15-11-3)56-80-52-68(24-20-64-31-39-72(40-32-64)60(8)92)51-79(84(80)88-44-16-12-4)55-77-49-66(47-75(53-73)82(77)86-42-14-10-2)22-18-62-27-35-70(36-28-62)58(6)90/h25-40,45-52H,9-16,41-44,53-56H2,1-8H3. The van der Waals surface area contributed by atoms with Crippen molar-refractivity contribution in [2.75, 3.05) is 26.4 Å². The number of hydrogen-bond acceptors (Lipinski definition) is 8. The fourth-order valence-corrected chi connectivity index (χ4v) is 11.5. The van der Waals surface area contributed by atoms with E-state index in [1.807, 2.05) is 125 Å². The molecule has 8 heteroatoms. The summed E-state index contributed by atoms with van der Waals surface area (Å²) in [7, 11) is 0. The smallest absolute Gasteiger partial charge is 0.126 e. The number of fused-ring (bicyclic) bond motifs is 8. The number of rotatable bonds is 20. The van der Waals surface area contributed by atoms with E-state index < -0.39 is 0 Å². The predicted molar refractivity (Wildman–Crippen MR) is 398 cm³/mol. The number of hydrogen-bond donors (Lipinski definition) is 0. The second-order valence-corrected chi connectivity index (χ2v) is 26.0. The van der Waals surface area contributed by atoms with Gasteiger partial charge in [-0.05, 0) is 173 Å². The Hall–Kier alpha value is -8.44. The highest BCUT2D eigenvalue weighted by atomic mass is 32.1. The Bertz CT molecular complexity index is 3630. The molecule has 0 atom stereocenters. The minimum atomic E-state index is 0.454. The van der Waals surface area contributed by atoms with Gasteiger partial charge >= 0.3 is 0 Å². The van der Waals surface area contributed by atoms with Crippen LogP contribution in [0, 0.1) is 47.4 Å². The third kappa shape index (κ3) is 18.9. The summed E-state index contributed by atoms with van der Waals surface area (Å²) in [5, 5.41) is 0. The molecule has 0 aromatic heterocycles. The van der Waals surface area contributed by atoms with E-state index in [0.717, 1.165) is 205 Å². The lowest BCUT2D eigenvalue weighted by Gasteiger charge is -2.24. The van der Waals surface area contributed by atoms with Gasteiger partial charge in [0.15, 0.2) is 0 Å². The molecule has 0 unspecified atom stereocenters. The van der Waals surface area contributed by atoms with Crippen LogP contribution in [0.25, 0.3) is 0 Å². The van der Waals surface area contributed by atoms with Gasteiger partial charge < -0.3 is 18.9 Å². The predicted octanol–water partition coefficient (Wildman–Crippen LogP) is 19.6. The van der Waals surface area contributed by atoms with Crippen molar-refractivity contribution in [1.29, 1.82) is 0 Å². The molecular weight excluding hydrogens is 1200 g/mol. The zero-order chi connectivity index (χ0) is 64.9. The molecule has 1 aliphatic rings. The molecule has 464 valence electrons. The molecule has 0 fully saturated rings. The first-order valence-corrected chi connectivity index (χ1v) is 34.0. The Balaban J connectivity index is 1.38. The Morgan fingerprint density at radius 1 is 0.272 bits per heavy atom. The van der Waals surface area contributed by atoms with Crippen LogP contribution in [0.3, 0.4) is 0 Å². The van der Waals surface area contributed by atoms with Crippen LogP contribution in [0.2, 0.25) is 0 Å². The van der Waals surface area contributed by atoms with Gasteiger partial charge in [-0.3, -0.25) is 0 Å². The molecule has 9 rings (SSSR count). The van der Waals surface area contributed by atoms with Crippen LogP contribution in [0.15, 0.2) is 146 Å². The molecule has 0 saturated carbocycles. The zero-order valence-corrected chi connectivity index (χ0v) is 57.7. The Kier molecular flexibility index (Phi) is 24.9. The molecule has 4 nitrogen and oxygen atoms in total. The molecule has 1 aliphatic carbocycles. The molecule has 8 aromatic carbocycles. The van der Waals surface area contributed by atoms with E-state index in [4.69, 9.17) is 67.8 Å². The van der Waals surface area contributed by atoms with Crippen LogP contribution in [-0.4, -0.2) is 45.9 Å². The van der Waals surface area contributed by atoms with Crippen LogP contribution in [-0.2, 0) is 25.7 Å². The Labute approximate surface area is 569 Å². The molecule has 0 spiro atoms. The first-order valence-electron chi connectivity index (χ1n) is 32.3. The van der Waals surface area contributed by atoms with Gasteiger partial charge in [0, 0.05) is 134 Å². The van der Waals surface area contributed by atoms with Crippen LogP contribution in [0.1, 0.15) is 218 Å². The van der Waals surface area contributed by atoms with Crippen LogP contribution >= 0.6 is 48.9 Å². The van der Waals surface area contributed by atoms with E-state index in [1.54, 1.807) is 0 Å². The molecule has 0 amide bonds. The monoisotopic (exact) mass is 1280 g/mol. The molecule has 8 aromatic rings. The quantitative estimate of drug-likeness (QED) is 0.0323. The average Bonchev–Trinajstić information content (AvgIpc) is 1.16. The van der Waals surface area contributed by atoms with Crippen LogP contribution < -0.4 is 18.9 Å². The zero-order valence-electron chi connectivity index (χ0n) is 54.4. The maximum atomic E-state index is 7.18. The SMILES string of the molecule is CCCCOc1c2cc(C#Cc3ccc(C(C)=S)cc3)cc1Cc1cc(C#Cc3ccc(C(C)=S)cc3)cc(c1OCCCC)Cc1cc(C#Cc3ccc(C(C)=S)cc3)cc(c1OCCCC)Cc1cc(C#Cc3ccc(C(C)=S)cc3)cc(c1OCCCC)C2. The molecule has 0 saturated heterocycles. The summed E-state index contributed by atoms with van der Waals surface area (Å²) in [6.07, 6.45) is 9.19. The highest BCUT2D eigenvalue weighted by molar-refractivity contribution is 7.81. The van der Waals surface area contributed by atoms with Gasteiger partial charge in [-0.15, -0.1) is 0 Å². The molecule has 8 bridgehead atoms. The lowest BCUT2D eigenvalue weighted by atomic mass is 9.88. The highest BCUT2D eigenvalue weighted by Gasteiger charge is 2.25. The first kappa shape index (κ1) is 67.9. The summed E-state index contributed by atoms with van der Waals surface area (Å²) in [5.41, 5.74) is 18.9. The molecule has 0 heterocycles. The largest absolute Gasteiger partial charge is 0.493 e. The van der Waals surface area contributed by atoms with Gasteiger partial charge in [-0.25, -0.2) is 0 Å². The lowest BCUT2D eigenvalue weighted by Crippen LogP contribution is -2.11. The average molecular weight is 1280 g/mol. The van der Waals surface area contributed by atoms with Crippen molar-refractivity contribution in [2.45, 2.75) is 132 Å². The molecule has 0 N–H and O–H groups in total. The van der Waals surface area contributed by atoms with E-state index in [1.165, 1.54) is 0 Å². The van der Waals surface area contributed by atoms with Crippen molar-refractivity contribution < 1.29 is 18.9 Å². The van der Waals surface area contributed by atoms with E-state index in [-0.39, 0.29) is 0 Å². The highest BCUT2D eigenvalue weighted by Crippen LogP contribution is 2.41. The Morgan fingerprint density at radius 3 is 0.587 bits per heavy atom. The number of unbranched alkanes of at least 4 members (excludes halogenated alkanes) is 4. The van der Waals surface area contributed by atoms with Gasteiger partial charge in [0.05, 0.1) is 26.4 Å². The number of ether oxygens (including phenoxy) is 4. The second-order valence-electron chi connectivity index (χ2n) is 23.5. The first-order chi connectivity index (χ1) is 44.7. The molecule has 92 heavy (non-hydrogen) atoms. The van der Waals surface area contributed by atoms with Crippen molar-refractivity contribution in [1.82, 2.24) is 0 Å². The Morgan fingerprint density at radius 2 is 0.435 bits per heavy atom. The fourth-order valence-electron chi connectivity index (χ4n) is 10.9. The summed E-state index contributed by atoms with van der Waals surface area (Å²) in [6, 6.07) is 50.4. The molecular formula is C84H80O4S4. The molecule has 0 radical (unpaired) electrons. The van der Waals surface area contributed by atoms with Crippen molar-refractivity contribution in [3.63, 3.8) is 0 Å². The van der Waals surface area contributed by atoms with Crippen LogP contribution in [0.4, 0.5) is 0 Å². The van der Waals surface area contributed by atoms with Gasteiger partial charge in [-0.2, -0.15) is 0 Å². The van der Waals surface area contributed by atoms with E-state index >= 15 is 0 Å². The summed E-state index contributed by atoms with van der Waals surface area (Å²) >= 11 is 22.2. The second kappa shape index (κ2) is 33.8. The summed E-state index contributed by atoms with van der Waals surface area (Å²) in [5.74, 6) is 31.9. The van der Waals surface area contributed by atoms with Crippen LogP contribution in [0.5, 0.6) is 23.0 Å². The molecule has 0 aliphatic heterocycles. The van der Waals surface area contributed by atoms with Crippen molar-refractivity contribution >= 4 is 68.3 Å². The van der Waals surface area contributed by atoms with Gasteiger partial charge in [-0.1, -0.05) is 198 Å². The van der Waals surface area contributed by atoms with Gasteiger partial charge in [0.25, 0.3) is 0 Å². The van der Waals surface area contributed by atoms with Gasteiger partial charge in [0.2, 0.25) is 0 Å². The fraction of sp³-hybridized carbons (Fsp3) is 0.286. The summed E-state index contributed by atoms with van der Waals surface area (Å²) < 4.78 is 28.7. The summed E-state index contributed by atoms with van der Waals surface area (Å²) in [4.78, 5) is 3.36. The van der Waals surface area contributed by atoms with Crippen molar-refractivity contribution in [3.05, 3.63) is 257 Å². The number of benzene rings is 8. The normalized spacial score (nSPS) is 11.2. The number of thiocarbonyl (C=S) groups is 4. The third-order valence-corrected chi connectivity index (χ3v) is 17.0. The lowest BCUT2D eigenvalue weighted by molar-refractivity contribution is 0.297. The maximum Gasteiger partial charge on any atom is 0.126 e. The van der Waals surface area contributed by atoms with E-state index in [0.29, 0.717) is 52.1 Å². The third-order valence-electron chi connectivity index (χ3n) is 16.0. The van der Waals surface area contributed by atoms with E-state index in [9.17, 15) is 0 Å². The van der Waals surface area contributed by atoms with E-state index in [2.05, 4.69) is 124 Å². The van der Waals surface area contributed by atoms with Crippen molar-refractivity contribution in [2.24, 2.45) is 0 Å². The maximum absolute atomic E-state index is 7.18. The summed E-state index contributed by atoms with van der Waals surface area (Å²) in [6.45, 7) is 18.7. The minimum absolute atomic E-state index is 0.454. The minimum Gasteiger partial charge on any atom is -0.493 e.